The molecule has 3 aliphatic heterocycles. The zero-order valence-electron chi connectivity index (χ0n) is 17.7. The van der Waals surface area contributed by atoms with Crippen LogP contribution in [0.15, 0.2) is 24.3 Å². The number of ether oxygens (including phenoxy) is 1. The summed E-state index contributed by atoms with van der Waals surface area (Å²) in [4.78, 5) is 30.4. The number of fused-ring (bicyclic) bond motifs is 1. The number of hydrogen-bond acceptors (Lipinski definition) is 6. The minimum absolute atomic E-state index is 0.184. The van der Waals surface area contributed by atoms with Crippen LogP contribution in [0.3, 0.4) is 0 Å². The largest absolute Gasteiger partial charge is 0.380 e. The van der Waals surface area contributed by atoms with Crippen LogP contribution in [0.2, 0.25) is 0 Å². The normalized spacial score (nSPS) is 25.6. The standard InChI is InChI=1S/C24H28N4O3/c29-23-15-5-7-19-22-20(26-18-4-2-1-3-17(18)25-19)8-6-16(21(15)22)24(30)28(23)10-9-27-11-13-31-14-12-27/h5-8,17-18,25-26H,1-4,9-14H2. The van der Waals surface area contributed by atoms with Gasteiger partial charge in [0.05, 0.1) is 13.2 Å². The summed E-state index contributed by atoms with van der Waals surface area (Å²) in [7, 11) is 0. The second kappa shape index (κ2) is 7.50. The fraction of sp³-hybridized carbons (Fsp3) is 0.500. The number of morpholine rings is 1. The Kier molecular flexibility index (Phi) is 4.61. The van der Waals surface area contributed by atoms with Crippen molar-refractivity contribution in [2.24, 2.45) is 0 Å². The Hall–Kier alpha value is -2.64. The van der Waals surface area contributed by atoms with E-state index in [1.807, 2.05) is 24.3 Å². The SMILES string of the molecule is O=C1c2ccc3c4c(ccc(c24)C(=O)N1CCN1CCOCC1)NC1CCCCC1N3. The molecule has 2 amide bonds. The first-order chi connectivity index (χ1) is 15.2. The molecule has 7 heteroatoms. The summed E-state index contributed by atoms with van der Waals surface area (Å²) in [6.45, 7) is 4.18. The number of imide groups is 1. The number of rotatable bonds is 3. The fourth-order valence-electron chi connectivity index (χ4n) is 5.62. The van der Waals surface area contributed by atoms with E-state index in [0.717, 1.165) is 48.1 Å². The van der Waals surface area contributed by atoms with Crippen molar-refractivity contribution in [3.05, 3.63) is 35.4 Å². The van der Waals surface area contributed by atoms with Crippen molar-refractivity contribution in [2.75, 3.05) is 50.0 Å². The van der Waals surface area contributed by atoms with Gasteiger partial charge in [-0.25, -0.2) is 0 Å². The number of nitrogens with zero attached hydrogens (tertiary/aromatic N) is 2. The third-order valence-corrected chi connectivity index (χ3v) is 7.30. The summed E-state index contributed by atoms with van der Waals surface area (Å²) in [5, 5.41) is 9.22. The van der Waals surface area contributed by atoms with Crippen LogP contribution in [0.5, 0.6) is 0 Å². The van der Waals surface area contributed by atoms with Gasteiger partial charge in [0, 0.05) is 71.5 Å². The summed E-state index contributed by atoms with van der Waals surface area (Å²) in [6, 6.07) is 8.60. The minimum Gasteiger partial charge on any atom is -0.380 e. The third kappa shape index (κ3) is 3.10. The molecule has 31 heavy (non-hydrogen) atoms. The van der Waals surface area contributed by atoms with E-state index < -0.39 is 0 Å². The van der Waals surface area contributed by atoms with Gasteiger partial charge in [-0.15, -0.1) is 0 Å². The van der Waals surface area contributed by atoms with E-state index >= 15 is 0 Å². The molecule has 0 radical (unpaired) electrons. The number of nitrogens with one attached hydrogen (secondary N) is 2. The molecule has 2 N–H and O–H groups in total. The molecule has 162 valence electrons. The average Bonchev–Trinajstić information content (AvgIpc) is 2.97. The molecule has 0 aromatic heterocycles. The smallest absolute Gasteiger partial charge is 0.261 e. The molecular weight excluding hydrogens is 392 g/mol. The van der Waals surface area contributed by atoms with E-state index in [4.69, 9.17) is 4.74 Å². The molecule has 2 atom stereocenters. The van der Waals surface area contributed by atoms with E-state index in [1.54, 1.807) is 0 Å². The number of carbonyl (C=O) groups excluding carboxylic acids is 2. The lowest BCUT2D eigenvalue weighted by molar-refractivity contribution is 0.0316. The first kappa shape index (κ1) is 19.1. The Morgan fingerprint density at radius 3 is 1.97 bits per heavy atom. The molecule has 2 unspecified atom stereocenters. The quantitative estimate of drug-likeness (QED) is 0.744. The molecule has 0 spiro atoms. The van der Waals surface area contributed by atoms with Crippen LogP contribution in [-0.4, -0.2) is 73.1 Å². The lowest BCUT2D eigenvalue weighted by atomic mass is 9.90. The zero-order valence-corrected chi connectivity index (χ0v) is 17.7. The Morgan fingerprint density at radius 2 is 1.39 bits per heavy atom. The molecule has 2 fully saturated rings. The maximum absolute atomic E-state index is 13.4. The lowest BCUT2D eigenvalue weighted by Crippen LogP contribution is -2.46. The molecule has 1 saturated heterocycles. The molecule has 3 heterocycles. The molecule has 1 saturated carbocycles. The summed E-state index contributed by atoms with van der Waals surface area (Å²) < 4.78 is 5.40. The summed E-state index contributed by atoms with van der Waals surface area (Å²) in [5.41, 5.74) is 3.32. The Morgan fingerprint density at radius 1 is 0.806 bits per heavy atom. The van der Waals surface area contributed by atoms with E-state index in [9.17, 15) is 9.59 Å². The van der Waals surface area contributed by atoms with Gasteiger partial charge in [0.15, 0.2) is 0 Å². The van der Waals surface area contributed by atoms with E-state index in [1.165, 1.54) is 17.7 Å². The number of amides is 2. The van der Waals surface area contributed by atoms with Gasteiger partial charge in [0.2, 0.25) is 0 Å². The molecule has 2 aromatic rings. The highest BCUT2D eigenvalue weighted by Crippen LogP contribution is 2.42. The van der Waals surface area contributed by atoms with Gasteiger partial charge in [-0.3, -0.25) is 19.4 Å². The van der Waals surface area contributed by atoms with E-state index in [0.29, 0.717) is 49.5 Å². The lowest BCUT2D eigenvalue weighted by Gasteiger charge is -2.32. The topological polar surface area (TPSA) is 73.9 Å². The van der Waals surface area contributed by atoms with Crippen LogP contribution < -0.4 is 10.6 Å². The van der Waals surface area contributed by atoms with Crippen molar-refractivity contribution in [1.82, 2.24) is 9.80 Å². The number of benzene rings is 2. The van der Waals surface area contributed by atoms with Crippen LogP contribution in [0, 0.1) is 0 Å². The molecule has 7 nitrogen and oxygen atoms in total. The Balaban J connectivity index is 1.37. The number of hydrogen-bond donors (Lipinski definition) is 2. The second-order valence-corrected chi connectivity index (χ2v) is 9.07. The van der Waals surface area contributed by atoms with Crippen LogP contribution in [0.1, 0.15) is 46.4 Å². The average molecular weight is 421 g/mol. The predicted molar refractivity (Wildman–Crippen MR) is 120 cm³/mol. The Labute approximate surface area is 181 Å². The molecule has 1 aliphatic carbocycles. The maximum Gasteiger partial charge on any atom is 0.261 e. The number of anilines is 2. The van der Waals surface area contributed by atoms with E-state index in [-0.39, 0.29) is 11.8 Å². The molecule has 2 aromatic carbocycles. The van der Waals surface area contributed by atoms with Crippen molar-refractivity contribution in [2.45, 2.75) is 37.8 Å². The van der Waals surface area contributed by atoms with Crippen LogP contribution in [0.25, 0.3) is 10.8 Å². The predicted octanol–water partition coefficient (Wildman–Crippen LogP) is 2.92. The second-order valence-electron chi connectivity index (χ2n) is 9.07. The maximum atomic E-state index is 13.4. The third-order valence-electron chi connectivity index (χ3n) is 7.30. The monoisotopic (exact) mass is 420 g/mol. The van der Waals surface area contributed by atoms with Crippen LogP contribution >= 0.6 is 0 Å². The molecule has 0 bridgehead atoms. The first-order valence-electron chi connectivity index (χ1n) is 11.5. The van der Waals surface area contributed by atoms with Crippen LogP contribution in [-0.2, 0) is 4.74 Å². The first-order valence-corrected chi connectivity index (χ1v) is 11.5. The Bertz CT molecular complexity index is 994. The summed E-state index contributed by atoms with van der Waals surface area (Å²) in [6.07, 6.45) is 4.73. The van der Waals surface area contributed by atoms with Gasteiger partial charge >= 0.3 is 0 Å². The number of carbonyl (C=O) groups is 2. The van der Waals surface area contributed by atoms with Crippen molar-refractivity contribution in [3.8, 4) is 0 Å². The van der Waals surface area contributed by atoms with E-state index in [2.05, 4.69) is 15.5 Å². The van der Waals surface area contributed by atoms with Gasteiger partial charge < -0.3 is 15.4 Å². The van der Waals surface area contributed by atoms with Gasteiger partial charge in [0.25, 0.3) is 11.8 Å². The summed E-state index contributed by atoms with van der Waals surface area (Å²) >= 11 is 0. The highest BCUT2D eigenvalue weighted by Gasteiger charge is 2.36. The minimum atomic E-state index is -0.184. The molecule has 6 rings (SSSR count). The zero-order chi connectivity index (χ0) is 20.9. The van der Waals surface area contributed by atoms with Gasteiger partial charge in [-0.05, 0) is 37.1 Å². The van der Waals surface area contributed by atoms with Crippen molar-refractivity contribution < 1.29 is 14.3 Å². The summed E-state index contributed by atoms with van der Waals surface area (Å²) in [5.74, 6) is -0.368. The highest BCUT2D eigenvalue weighted by atomic mass is 16.5. The molecular formula is C24H28N4O3. The van der Waals surface area contributed by atoms with Crippen molar-refractivity contribution >= 4 is 34.0 Å². The molecule has 4 aliphatic rings. The fourth-order valence-corrected chi connectivity index (χ4v) is 5.62. The van der Waals surface area contributed by atoms with Crippen LogP contribution in [0.4, 0.5) is 11.4 Å². The van der Waals surface area contributed by atoms with Gasteiger partial charge in [-0.2, -0.15) is 0 Å². The van der Waals surface area contributed by atoms with Gasteiger partial charge in [-0.1, -0.05) is 12.8 Å². The van der Waals surface area contributed by atoms with Crippen molar-refractivity contribution in [3.63, 3.8) is 0 Å². The highest BCUT2D eigenvalue weighted by molar-refractivity contribution is 6.28. The van der Waals surface area contributed by atoms with Crippen molar-refractivity contribution in [1.29, 1.82) is 0 Å². The van der Waals surface area contributed by atoms with Gasteiger partial charge in [0.1, 0.15) is 0 Å².